The van der Waals surface area contributed by atoms with Gasteiger partial charge in [-0.2, -0.15) is 0 Å². The molecule has 0 rings (SSSR count). The molecule has 0 aromatic heterocycles. The van der Waals surface area contributed by atoms with Gasteiger partial charge in [0.15, 0.2) is 0 Å². The van der Waals surface area contributed by atoms with E-state index in [1.807, 2.05) is 0 Å². The minimum Gasteiger partial charge on any atom is -0.481 e. The third-order valence-corrected chi connectivity index (χ3v) is 2.97. The summed E-state index contributed by atoms with van der Waals surface area (Å²) in [7, 11) is 1.62. The molecule has 0 aliphatic carbocycles. The molecule has 1 unspecified atom stereocenters. The molecule has 0 saturated carbocycles. The normalized spacial score (nSPS) is 12.1. The van der Waals surface area contributed by atoms with Crippen molar-refractivity contribution in [1.82, 2.24) is 5.32 Å². The molecule has 0 bridgehead atoms. The van der Waals surface area contributed by atoms with Crippen molar-refractivity contribution in [2.75, 3.05) is 26.0 Å². The zero-order valence-corrected chi connectivity index (χ0v) is 10.5. The summed E-state index contributed by atoms with van der Waals surface area (Å²) in [6, 6.07) is 0. The van der Waals surface area contributed by atoms with Gasteiger partial charge in [-0.15, -0.1) is 11.8 Å². The van der Waals surface area contributed by atoms with Crippen LogP contribution >= 0.6 is 11.8 Å². The Morgan fingerprint density at radius 3 is 2.75 bits per heavy atom. The summed E-state index contributed by atoms with van der Waals surface area (Å²) < 4.78 is 4.84. The molecule has 0 aliphatic rings. The van der Waals surface area contributed by atoms with E-state index < -0.39 is 5.97 Å². The van der Waals surface area contributed by atoms with Gasteiger partial charge in [-0.1, -0.05) is 6.92 Å². The zero-order valence-electron chi connectivity index (χ0n) is 9.69. The first-order valence-corrected chi connectivity index (χ1v) is 6.20. The minimum absolute atomic E-state index is 0.0396. The van der Waals surface area contributed by atoms with Crippen LogP contribution < -0.4 is 5.32 Å². The van der Waals surface area contributed by atoms with Crippen molar-refractivity contribution in [3.63, 3.8) is 0 Å². The largest absolute Gasteiger partial charge is 0.481 e. The molecule has 6 heteroatoms. The highest BCUT2D eigenvalue weighted by atomic mass is 32.2. The molecule has 0 aliphatic heterocycles. The fraction of sp³-hybridized carbons (Fsp3) is 0.800. The number of carboxylic acids is 1. The molecule has 2 N–H and O–H groups in total. The predicted molar refractivity (Wildman–Crippen MR) is 63.7 cm³/mol. The first-order chi connectivity index (χ1) is 7.56. The van der Waals surface area contributed by atoms with Gasteiger partial charge in [-0.05, 0) is 6.42 Å². The summed E-state index contributed by atoms with van der Waals surface area (Å²) in [5.74, 6) is -0.583. The van der Waals surface area contributed by atoms with Crippen LogP contribution in [0.4, 0.5) is 0 Å². The number of rotatable bonds is 9. The van der Waals surface area contributed by atoms with Crippen molar-refractivity contribution in [2.24, 2.45) is 0 Å². The van der Waals surface area contributed by atoms with Crippen LogP contribution in [0.15, 0.2) is 0 Å². The van der Waals surface area contributed by atoms with Crippen molar-refractivity contribution in [2.45, 2.75) is 25.0 Å². The van der Waals surface area contributed by atoms with Crippen LogP contribution in [0.1, 0.15) is 19.8 Å². The summed E-state index contributed by atoms with van der Waals surface area (Å²) in [6.45, 7) is 3.03. The number of carboxylic acid groups (broad SMARTS) is 1. The maximum absolute atomic E-state index is 11.3. The first-order valence-electron chi connectivity index (χ1n) is 5.15. The van der Waals surface area contributed by atoms with E-state index in [9.17, 15) is 9.59 Å². The fourth-order valence-electron chi connectivity index (χ4n) is 1.02. The first kappa shape index (κ1) is 15.2. The molecule has 16 heavy (non-hydrogen) atoms. The number of hydrogen-bond acceptors (Lipinski definition) is 4. The van der Waals surface area contributed by atoms with Gasteiger partial charge < -0.3 is 15.2 Å². The number of hydrogen-bond donors (Lipinski definition) is 2. The van der Waals surface area contributed by atoms with Gasteiger partial charge in [0, 0.05) is 25.5 Å². The second-order valence-electron chi connectivity index (χ2n) is 3.42. The third kappa shape index (κ3) is 9.79. The SMILES string of the molecule is COCCCNC(=O)CSC(C)CC(=O)O. The summed E-state index contributed by atoms with van der Waals surface area (Å²) in [5, 5.41) is 11.2. The van der Waals surface area contributed by atoms with Crippen LogP contribution in [-0.2, 0) is 14.3 Å². The van der Waals surface area contributed by atoms with E-state index in [4.69, 9.17) is 9.84 Å². The molecule has 0 heterocycles. The molecule has 94 valence electrons. The van der Waals surface area contributed by atoms with E-state index in [2.05, 4.69) is 5.32 Å². The topological polar surface area (TPSA) is 75.6 Å². The van der Waals surface area contributed by atoms with Gasteiger partial charge in [0.1, 0.15) is 0 Å². The standard InChI is InChI=1S/C10H19NO4S/c1-8(6-10(13)14)16-7-9(12)11-4-3-5-15-2/h8H,3-7H2,1-2H3,(H,11,12)(H,13,14). The Hall–Kier alpha value is -0.750. The lowest BCUT2D eigenvalue weighted by molar-refractivity contribution is -0.136. The highest BCUT2D eigenvalue weighted by Crippen LogP contribution is 2.13. The van der Waals surface area contributed by atoms with Crippen molar-refractivity contribution in [1.29, 1.82) is 0 Å². The molecule has 0 saturated heterocycles. The molecule has 0 aromatic rings. The maximum atomic E-state index is 11.3. The van der Waals surface area contributed by atoms with Gasteiger partial charge in [-0.25, -0.2) is 0 Å². The van der Waals surface area contributed by atoms with E-state index >= 15 is 0 Å². The highest BCUT2D eigenvalue weighted by Gasteiger charge is 2.10. The van der Waals surface area contributed by atoms with Crippen LogP contribution in [0.3, 0.4) is 0 Å². The van der Waals surface area contributed by atoms with E-state index in [0.29, 0.717) is 18.9 Å². The molecular weight excluding hydrogens is 230 g/mol. The monoisotopic (exact) mass is 249 g/mol. The van der Waals surface area contributed by atoms with Gasteiger partial charge in [0.05, 0.1) is 12.2 Å². The second-order valence-corrected chi connectivity index (χ2v) is 4.84. The van der Waals surface area contributed by atoms with Gasteiger partial charge in [0.25, 0.3) is 0 Å². The minimum atomic E-state index is -0.833. The number of nitrogens with one attached hydrogen (secondary N) is 1. The number of carbonyl (C=O) groups excluding carboxylic acids is 1. The van der Waals surface area contributed by atoms with Crippen LogP contribution in [0, 0.1) is 0 Å². The van der Waals surface area contributed by atoms with Crippen LogP contribution in [0.25, 0.3) is 0 Å². The molecule has 1 amide bonds. The summed E-state index contributed by atoms with van der Waals surface area (Å²) in [6.07, 6.45) is 0.874. The Labute approximate surface area is 99.9 Å². The van der Waals surface area contributed by atoms with E-state index in [0.717, 1.165) is 6.42 Å². The molecule has 1 atom stereocenters. The van der Waals surface area contributed by atoms with Crippen molar-refractivity contribution >= 4 is 23.6 Å². The number of carbonyl (C=O) groups is 2. The Kier molecular flexibility index (Phi) is 9.03. The van der Waals surface area contributed by atoms with Crippen LogP contribution in [-0.4, -0.2) is 48.2 Å². The molecular formula is C10H19NO4S. The Morgan fingerprint density at radius 2 is 2.19 bits per heavy atom. The number of ether oxygens (including phenoxy) is 1. The lowest BCUT2D eigenvalue weighted by Crippen LogP contribution is -2.27. The van der Waals surface area contributed by atoms with Crippen LogP contribution in [0.2, 0.25) is 0 Å². The van der Waals surface area contributed by atoms with Crippen molar-refractivity contribution in [3.05, 3.63) is 0 Å². The van der Waals surface area contributed by atoms with Gasteiger partial charge in [-0.3, -0.25) is 9.59 Å². The molecule has 5 nitrogen and oxygen atoms in total. The fourth-order valence-corrected chi connectivity index (χ4v) is 1.82. The highest BCUT2D eigenvalue weighted by molar-refractivity contribution is 8.00. The summed E-state index contributed by atoms with van der Waals surface area (Å²) in [4.78, 5) is 21.6. The second kappa shape index (κ2) is 9.47. The Bertz CT molecular complexity index is 223. The van der Waals surface area contributed by atoms with Gasteiger partial charge >= 0.3 is 5.97 Å². The average Bonchev–Trinajstić information content (AvgIpc) is 2.20. The average molecular weight is 249 g/mol. The third-order valence-electron chi connectivity index (χ3n) is 1.81. The number of methoxy groups -OCH3 is 1. The quantitative estimate of drug-likeness (QED) is 0.589. The van der Waals surface area contributed by atoms with Crippen LogP contribution in [0.5, 0.6) is 0 Å². The maximum Gasteiger partial charge on any atom is 0.304 e. The summed E-state index contributed by atoms with van der Waals surface area (Å²) >= 11 is 1.35. The number of amides is 1. The molecule has 0 aromatic carbocycles. The number of thioether (sulfide) groups is 1. The Balaban J connectivity index is 3.45. The van der Waals surface area contributed by atoms with Gasteiger partial charge in [0.2, 0.25) is 5.91 Å². The molecule has 0 radical (unpaired) electrons. The smallest absolute Gasteiger partial charge is 0.304 e. The van der Waals surface area contributed by atoms with E-state index in [1.165, 1.54) is 11.8 Å². The van der Waals surface area contributed by atoms with E-state index in [-0.39, 0.29) is 17.6 Å². The summed E-state index contributed by atoms with van der Waals surface area (Å²) in [5.41, 5.74) is 0. The van der Waals surface area contributed by atoms with E-state index in [1.54, 1.807) is 14.0 Å². The zero-order chi connectivity index (χ0) is 12.4. The number of aliphatic carboxylic acids is 1. The Morgan fingerprint density at radius 1 is 1.50 bits per heavy atom. The lowest BCUT2D eigenvalue weighted by atomic mass is 10.3. The molecule has 0 fully saturated rings. The predicted octanol–water partition coefficient (Wildman–Crippen LogP) is 0.735. The van der Waals surface area contributed by atoms with Crippen molar-refractivity contribution in [3.8, 4) is 0 Å². The lowest BCUT2D eigenvalue weighted by Gasteiger charge is -2.08. The molecule has 0 spiro atoms. The van der Waals surface area contributed by atoms with Crippen molar-refractivity contribution < 1.29 is 19.4 Å².